The summed E-state index contributed by atoms with van der Waals surface area (Å²) in [6.45, 7) is 3.24. The van der Waals surface area contributed by atoms with E-state index in [0.29, 0.717) is 10.9 Å². The van der Waals surface area contributed by atoms with Crippen LogP contribution in [0.1, 0.15) is 16.6 Å². The van der Waals surface area contributed by atoms with Crippen molar-refractivity contribution < 1.29 is 4.79 Å². The summed E-state index contributed by atoms with van der Waals surface area (Å²) in [5, 5.41) is 0.986. The van der Waals surface area contributed by atoms with Crippen LogP contribution in [0.4, 0.5) is 5.13 Å². The van der Waals surface area contributed by atoms with Crippen molar-refractivity contribution >= 4 is 34.5 Å². The summed E-state index contributed by atoms with van der Waals surface area (Å²) in [7, 11) is 0. The van der Waals surface area contributed by atoms with Crippen molar-refractivity contribution in [2.75, 3.05) is 23.0 Å². The monoisotopic (exact) mass is 228 g/mol. The van der Waals surface area contributed by atoms with Gasteiger partial charge in [0.2, 0.25) is 0 Å². The number of aldehydes is 1. The topological polar surface area (TPSA) is 33.2 Å². The van der Waals surface area contributed by atoms with E-state index in [-0.39, 0.29) is 0 Å². The Morgan fingerprint density at radius 1 is 1.71 bits per heavy atom. The minimum atomic E-state index is 0.527. The summed E-state index contributed by atoms with van der Waals surface area (Å²) < 4.78 is 0. The highest BCUT2D eigenvalue weighted by atomic mass is 32.2. The molecule has 0 radical (unpaired) electrons. The van der Waals surface area contributed by atoms with Gasteiger partial charge in [-0.25, -0.2) is 4.98 Å². The molecule has 1 aliphatic heterocycles. The Hall–Kier alpha value is -0.550. The van der Waals surface area contributed by atoms with Gasteiger partial charge in [-0.1, -0.05) is 11.3 Å². The van der Waals surface area contributed by atoms with E-state index in [0.717, 1.165) is 29.5 Å². The van der Waals surface area contributed by atoms with Gasteiger partial charge in [-0.2, -0.15) is 11.8 Å². The third-order valence-electron chi connectivity index (χ3n) is 2.24. The third kappa shape index (κ3) is 1.93. The first kappa shape index (κ1) is 9.98. The maximum Gasteiger partial charge on any atom is 0.186 e. The predicted octanol–water partition coefficient (Wildman–Crippen LogP) is 1.90. The minimum absolute atomic E-state index is 0.527. The number of hydrogen-bond acceptors (Lipinski definition) is 5. The maximum absolute atomic E-state index is 10.5. The summed E-state index contributed by atoms with van der Waals surface area (Å²) in [6, 6.07) is 0.527. The molecular weight excluding hydrogens is 216 g/mol. The Bertz CT molecular complexity index is 326. The van der Waals surface area contributed by atoms with Crippen molar-refractivity contribution in [1.82, 2.24) is 4.98 Å². The van der Waals surface area contributed by atoms with Crippen LogP contribution in [-0.2, 0) is 0 Å². The second-order valence-electron chi connectivity index (χ2n) is 3.28. The molecule has 0 saturated carbocycles. The molecule has 1 aromatic heterocycles. The Morgan fingerprint density at radius 3 is 3.21 bits per heavy atom. The first-order valence-corrected chi connectivity index (χ1v) is 6.54. The number of rotatable bonds is 2. The molecular formula is C9H12N2OS2. The molecule has 1 saturated heterocycles. The molecule has 0 aromatic carbocycles. The lowest BCUT2D eigenvalue weighted by Gasteiger charge is -2.32. The van der Waals surface area contributed by atoms with Crippen LogP contribution < -0.4 is 4.90 Å². The SMILES string of the molecule is CC1CSCCN1c1ncc(C=O)s1. The molecule has 1 fully saturated rings. The van der Waals surface area contributed by atoms with Crippen LogP contribution in [0.2, 0.25) is 0 Å². The number of anilines is 1. The van der Waals surface area contributed by atoms with E-state index < -0.39 is 0 Å². The molecule has 14 heavy (non-hydrogen) atoms. The van der Waals surface area contributed by atoms with Crippen molar-refractivity contribution in [2.24, 2.45) is 0 Å². The summed E-state index contributed by atoms with van der Waals surface area (Å²) in [5.74, 6) is 2.30. The van der Waals surface area contributed by atoms with E-state index in [4.69, 9.17) is 0 Å². The van der Waals surface area contributed by atoms with Gasteiger partial charge in [0.15, 0.2) is 11.4 Å². The van der Waals surface area contributed by atoms with E-state index in [1.54, 1.807) is 6.20 Å². The van der Waals surface area contributed by atoms with Crippen molar-refractivity contribution in [3.63, 3.8) is 0 Å². The van der Waals surface area contributed by atoms with Crippen LogP contribution >= 0.6 is 23.1 Å². The third-order valence-corrected chi connectivity index (χ3v) is 4.39. The second-order valence-corrected chi connectivity index (χ2v) is 5.47. The molecule has 2 rings (SSSR count). The van der Waals surface area contributed by atoms with Crippen LogP contribution in [0, 0.1) is 0 Å². The van der Waals surface area contributed by atoms with Crippen molar-refractivity contribution in [1.29, 1.82) is 0 Å². The number of carbonyl (C=O) groups excluding carboxylic acids is 1. The summed E-state index contributed by atoms with van der Waals surface area (Å²) in [6.07, 6.45) is 2.52. The molecule has 0 spiro atoms. The van der Waals surface area contributed by atoms with Gasteiger partial charge in [0.1, 0.15) is 0 Å². The smallest absolute Gasteiger partial charge is 0.186 e. The molecule has 1 aliphatic rings. The van der Waals surface area contributed by atoms with Gasteiger partial charge < -0.3 is 4.90 Å². The largest absolute Gasteiger partial charge is 0.344 e. The van der Waals surface area contributed by atoms with E-state index in [1.165, 1.54) is 11.3 Å². The Morgan fingerprint density at radius 2 is 2.57 bits per heavy atom. The maximum atomic E-state index is 10.5. The zero-order valence-corrected chi connectivity index (χ0v) is 9.61. The van der Waals surface area contributed by atoms with Gasteiger partial charge in [0, 0.05) is 24.1 Å². The fourth-order valence-corrected chi connectivity index (χ4v) is 3.35. The van der Waals surface area contributed by atoms with Gasteiger partial charge in [0.05, 0.1) is 11.1 Å². The standard InChI is InChI=1S/C9H12N2OS2/c1-7-6-13-3-2-11(7)9-10-4-8(5-12)14-9/h4-5,7H,2-3,6H2,1H3. The number of nitrogens with zero attached hydrogens (tertiary/aromatic N) is 2. The fraction of sp³-hybridized carbons (Fsp3) is 0.556. The van der Waals surface area contributed by atoms with Gasteiger partial charge in [-0.05, 0) is 6.92 Å². The molecule has 1 unspecified atom stereocenters. The van der Waals surface area contributed by atoms with E-state index in [9.17, 15) is 4.79 Å². The normalized spacial score (nSPS) is 22.4. The highest BCUT2D eigenvalue weighted by Gasteiger charge is 2.21. The molecule has 0 aliphatic carbocycles. The van der Waals surface area contributed by atoms with Crippen LogP contribution in [0.15, 0.2) is 6.20 Å². The molecule has 0 amide bonds. The first-order chi connectivity index (χ1) is 6.81. The molecule has 76 valence electrons. The van der Waals surface area contributed by atoms with Gasteiger partial charge in [-0.15, -0.1) is 0 Å². The first-order valence-electron chi connectivity index (χ1n) is 4.56. The average molecular weight is 228 g/mol. The molecule has 0 N–H and O–H groups in total. The van der Waals surface area contributed by atoms with Gasteiger partial charge in [-0.3, -0.25) is 4.79 Å². The lowest BCUT2D eigenvalue weighted by Crippen LogP contribution is -2.40. The van der Waals surface area contributed by atoms with E-state index in [2.05, 4.69) is 16.8 Å². The van der Waals surface area contributed by atoms with Crippen LogP contribution in [0.25, 0.3) is 0 Å². The average Bonchev–Trinajstić information content (AvgIpc) is 2.67. The second kappa shape index (κ2) is 4.31. The number of hydrogen-bond donors (Lipinski definition) is 0. The minimum Gasteiger partial charge on any atom is -0.344 e. The van der Waals surface area contributed by atoms with E-state index in [1.807, 2.05) is 11.8 Å². The fourth-order valence-electron chi connectivity index (χ4n) is 1.48. The zero-order chi connectivity index (χ0) is 9.97. The van der Waals surface area contributed by atoms with Crippen LogP contribution in [0.5, 0.6) is 0 Å². The van der Waals surface area contributed by atoms with Crippen LogP contribution in [0.3, 0.4) is 0 Å². The van der Waals surface area contributed by atoms with Gasteiger partial charge >= 0.3 is 0 Å². The number of carbonyl (C=O) groups is 1. The number of aromatic nitrogens is 1. The highest BCUT2D eigenvalue weighted by molar-refractivity contribution is 7.99. The number of thiazole rings is 1. The summed E-state index contributed by atoms with van der Waals surface area (Å²) in [4.78, 5) is 17.8. The van der Waals surface area contributed by atoms with Crippen molar-refractivity contribution in [3.05, 3.63) is 11.1 Å². The molecule has 0 bridgehead atoms. The lowest BCUT2D eigenvalue weighted by atomic mass is 10.3. The molecule has 3 nitrogen and oxygen atoms in total. The predicted molar refractivity (Wildman–Crippen MR) is 61.6 cm³/mol. The molecule has 2 heterocycles. The van der Waals surface area contributed by atoms with Gasteiger partial charge in [0.25, 0.3) is 0 Å². The Labute approximate surface area is 91.5 Å². The summed E-state index contributed by atoms with van der Waals surface area (Å²) >= 11 is 3.46. The summed E-state index contributed by atoms with van der Waals surface area (Å²) in [5.41, 5.74) is 0. The molecule has 1 aromatic rings. The van der Waals surface area contributed by atoms with Crippen LogP contribution in [-0.4, -0.2) is 35.4 Å². The van der Waals surface area contributed by atoms with Crippen molar-refractivity contribution in [2.45, 2.75) is 13.0 Å². The Kier molecular flexibility index (Phi) is 3.08. The number of thioether (sulfide) groups is 1. The zero-order valence-electron chi connectivity index (χ0n) is 7.97. The molecule has 5 heteroatoms. The quantitative estimate of drug-likeness (QED) is 0.724. The Balaban J connectivity index is 2.16. The lowest BCUT2D eigenvalue weighted by molar-refractivity contribution is 0.112. The van der Waals surface area contributed by atoms with E-state index >= 15 is 0 Å². The molecule has 1 atom stereocenters. The highest BCUT2D eigenvalue weighted by Crippen LogP contribution is 2.27. The van der Waals surface area contributed by atoms with Crippen molar-refractivity contribution in [3.8, 4) is 0 Å².